The third-order valence-corrected chi connectivity index (χ3v) is 6.07. The summed E-state index contributed by atoms with van der Waals surface area (Å²) in [6, 6.07) is 11.5. The standard InChI is InChI=1S/C20H21NO5S/c1-3-6-14-9-10-17(18(11-14)25-2)26-12-20(22)21-16-13-27(23,24)19-8-5-4-7-15(16)19/h3-11,16H,12-13H2,1-2H3,(H,21,22)/b6-3+/t16-/m1/s1. The minimum Gasteiger partial charge on any atom is -0.493 e. The van der Waals surface area contributed by atoms with Crippen molar-refractivity contribution in [3.05, 3.63) is 59.7 Å². The molecule has 0 bridgehead atoms. The number of methoxy groups -OCH3 is 1. The summed E-state index contributed by atoms with van der Waals surface area (Å²) in [5.74, 6) is 0.429. The molecular weight excluding hydrogens is 366 g/mol. The zero-order chi connectivity index (χ0) is 19.4. The van der Waals surface area contributed by atoms with E-state index in [4.69, 9.17) is 9.47 Å². The zero-order valence-electron chi connectivity index (χ0n) is 15.1. The normalized spacial score (nSPS) is 17.5. The maximum absolute atomic E-state index is 12.3. The van der Waals surface area contributed by atoms with Crippen LogP contribution in [0.4, 0.5) is 0 Å². The first kappa shape index (κ1) is 19.0. The average molecular weight is 387 g/mol. The molecule has 0 aliphatic carbocycles. The number of ether oxygens (including phenoxy) is 2. The molecule has 1 heterocycles. The van der Waals surface area contributed by atoms with E-state index in [0.717, 1.165) is 5.56 Å². The number of carbonyl (C=O) groups is 1. The van der Waals surface area contributed by atoms with Gasteiger partial charge in [0, 0.05) is 0 Å². The minimum atomic E-state index is -3.37. The highest BCUT2D eigenvalue weighted by Gasteiger charge is 2.35. The third-order valence-electron chi connectivity index (χ3n) is 4.26. The first-order chi connectivity index (χ1) is 12.9. The van der Waals surface area contributed by atoms with Crippen LogP contribution in [0.2, 0.25) is 0 Å². The summed E-state index contributed by atoms with van der Waals surface area (Å²) >= 11 is 0. The van der Waals surface area contributed by atoms with Gasteiger partial charge in [0.1, 0.15) is 0 Å². The van der Waals surface area contributed by atoms with E-state index < -0.39 is 21.8 Å². The molecule has 1 amide bonds. The Labute approximate surface area is 158 Å². The van der Waals surface area contributed by atoms with Crippen molar-refractivity contribution in [3.63, 3.8) is 0 Å². The molecule has 0 saturated carbocycles. The van der Waals surface area contributed by atoms with Gasteiger partial charge in [0.2, 0.25) is 0 Å². The molecule has 27 heavy (non-hydrogen) atoms. The number of sulfone groups is 1. The highest BCUT2D eigenvalue weighted by atomic mass is 32.2. The van der Waals surface area contributed by atoms with Gasteiger partial charge in [0.15, 0.2) is 27.9 Å². The summed E-state index contributed by atoms with van der Waals surface area (Å²) in [7, 11) is -1.84. The first-order valence-electron chi connectivity index (χ1n) is 8.49. The highest BCUT2D eigenvalue weighted by Crippen LogP contribution is 2.33. The third kappa shape index (κ3) is 4.14. The van der Waals surface area contributed by atoms with E-state index in [2.05, 4.69) is 5.32 Å². The summed E-state index contributed by atoms with van der Waals surface area (Å²) in [6.45, 7) is 1.68. The molecule has 0 fully saturated rings. The van der Waals surface area contributed by atoms with Crippen LogP contribution >= 0.6 is 0 Å². The average Bonchev–Trinajstić information content (AvgIpc) is 2.91. The number of nitrogens with one attached hydrogen (secondary N) is 1. The van der Waals surface area contributed by atoms with Crippen LogP contribution in [-0.2, 0) is 14.6 Å². The quantitative estimate of drug-likeness (QED) is 0.824. The van der Waals surface area contributed by atoms with Gasteiger partial charge in [-0.3, -0.25) is 4.79 Å². The van der Waals surface area contributed by atoms with Crippen molar-refractivity contribution in [2.45, 2.75) is 17.9 Å². The predicted octanol–water partition coefficient (Wildman–Crippen LogP) is 2.75. The summed E-state index contributed by atoms with van der Waals surface area (Å²) in [5.41, 5.74) is 1.57. The Morgan fingerprint density at radius 1 is 1.22 bits per heavy atom. The number of allylic oxidation sites excluding steroid dienone is 1. The van der Waals surface area contributed by atoms with Crippen LogP contribution in [-0.4, -0.2) is 33.8 Å². The molecule has 1 aliphatic heterocycles. The molecular formula is C20H21NO5S. The Bertz CT molecular complexity index is 982. The van der Waals surface area contributed by atoms with Gasteiger partial charge >= 0.3 is 0 Å². The molecule has 6 nitrogen and oxygen atoms in total. The Hall–Kier alpha value is -2.80. The van der Waals surface area contributed by atoms with Gasteiger partial charge in [-0.25, -0.2) is 8.42 Å². The van der Waals surface area contributed by atoms with Gasteiger partial charge in [0.25, 0.3) is 5.91 Å². The monoisotopic (exact) mass is 387 g/mol. The molecule has 2 aromatic carbocycles. The van der Waals surface area contributed by atoms with Crippen molar-refractivity contribution in [2.24, 2.45) is 0 Å². The van der Waals surface area contributed by atoms with Crippen LogP contribution in [0, 0.1) is 0 Å². The number of fused-ring (bicyclic) bond motifs is 1. The molecule has 0 spiro atoms. The second-order valence-corrected chi connectivity index (χ2v) is 8.14. The van der Waals surface area contributed by atoms with Crippen molar-refractivity contribution in [2.75, 3.05) is 19.5 Å². The Morgan fingerprint density at radius 3 is 2.74 bits per heavy atom. The first-order valence-corrected chi connectivity index (χ1v) is 10.1. The van der Waals surface area contributed by atoms with Crippen LogP contribution in [0.15, 0.2) is 53.4 Å². The van der Waals surface area contributed by atoms with Crippen molar-refractivity contribution in [1.29, 1.82) is 0 Å². The van der Waals surface area contributed by atoms with E-state index in [1.165, 1.54) is 7.11 Å². The van der Waals surface area contributed by atoms with E-state index in [1.54, 1.807) is 30.3 Å². The van der Waals surface area contributed by atoms with Gasteiger partial charge in [-0.1, -0.05) is 36.4 Å². The second kappa shape index (κ2) is 7.84. The molecule has 0 aromatic heterocycles. The SMILES string of the molecule is C/C=C/c1ccc(OCC(=O)N[C@@H]2CS(=O)(=O)c3ccccc32)c(OC)c1. The van der Waals surface area contributed by atoms with E-state index in [0.29, 0.717) is 17.1 Å². The molecule has 0 unspecified atom stereocenters. The lowest BCUT2D eigenvalue weighted by molar-refractivity contribution is -0.123. The molecule has 2 aromatic rings. The van der Waals surface area contributed by atoms with Crippen molar-refractivity contribution >= 4 is 21.8 Å². The molecule has 7 heteroatoms. The Kier molecular flexibility index (Phi) is 5.51. The summed E-state index contributed by atoms with van der Waals surface area (Å²) in [6.07, 6.45) is 3.84. The van der Waals surface area contributed by atoms with Crippen LogP contribution in [0.25, 0.3) is 6.08 Å². The lowest BCUT2D eigenvalue weighted by atomic mass is 10.1. The summed E-state index contributed by atoms with van der Waals surface area (Å²) in [5, 5.41) is 2.74. The zero-order valence-corrected chi connectivity index (χ0v) is 16.0. The molecule has 142 valence electrons. The number of carbonyl (C=O) groups excluding carboxylic acids is 1. The largest absolute Gasteiger partial charge is 0.493 e. The van der Waals surface area contributed by atoms with Gasteiger partial charge in [0.05, 0.1) is 23.8 Å². The lowest BCUT2D eigenvalue weighted by Crippen LogP contribution is -2.33. The lowest BCUT2D eigenvalue weighted by Gasteiger charge is -2.14. The second-order valence-electron chi connectivity index (χ2n) is 6.14. The maximum atomic E-state index is 12.3. The molecule has 1 atom stereocenters. The van der Waals surface area contributed by atoms with Crippen LogP contribution in [0.1, 0.15) is 24.1 Å². The minimum absolute atomic E-state index is 0.139. The molecule has 0 saturated heterocycles. The smallest absolute Gasteiger partial charge is 0.258 e. The summed E-state index contributed by atoms with van der Waals surface area (Å²) < 4.78 is 35.2. The molecule has 3 rings (SSSR count). The predicted molar refractivity (Wildman–Crippen MR) is 103 cm³/mol. The van der Waals surface area contributed by atoms with E-state index in [-0.39, 0.29) is 17.3 Å². The number of benzene rings is 2. The van der Waals surface area contributed by atoms with E-state index in [9.17, 15) is 13.2 Å². The molecule has 1 aliphatic rings. The fourth-order valence-electron chi connectivity index (χ4n) is 3.05. The Morgan fingerprint density at radius 2 is 2.00 bits per heavy atom. The van der Waals surface area contributed by atoms with Crippen molar-refractivity contribution in [1.82, 2.24) is 5.32 Å². The Balaban J connectivity index is 1.66. The number of rotatable bonds is 6. The fourth-order valence-corrected chi connectivity index (χ4v) is 4.79. The van der Waals surface area contributed by atoms with E-state index in [1.807, 2.05) is 31.2 Å². The van der Waals surface area contributed by atoms with Gasteiger partial charge in [-0.05, 0) is 36.2 Å². The molecule has 1 N–H and O–H groups in total. The number of hydrogen-bond donors (Lipinski definition) is 1. The van der Waals surface area contributed by atoms with Crippen LogP contribution in [0.3, 0.4) is 0 Å². The summed E-state index contributed by atoms with van der Waals surface area (Å²) in [4.78, 5) is 12.6. The van der Waals surface area contributed by atoms with Crippen LogP contribution < -0.4 is 14.8 Å². The number of amides is 1. The van der Waals surface area contributed by atoms with E-state index >= 15 is 0 Å². The van der Waals surface area contributed by atoms with Crippen molar-refractivity contribution < 1.29 is 22.7 Å². The fraction of sp³-hybridized carbons (Fsp3) is 0.250. The van der Waals surface area contributed by atoms with Crippen molar-refractivity contribution in [3.8, 4) is 11.5 Å². The van der Waals surface area contributed by atoms with Gasteiger partial charge < -0.3 is 14.8 Å². The molecule has 0 radical (unpaired) electrons. The van der Waals surface area contributed by atoms with Crippen LogP contribution in [0.5, 0.6) is 11.5 Å². The highest BCUT2D eigenvalue weighted by molar-refractivity contribution is 7.91. The van der Waals surface area contributed by atoms with Gasteiger partial charge in [-0.15, -0.1) is 0 Å². The van der Waals surface area contributed by atoms with Gasteiger partial charge in [-0.2, -0.15) is 0 Å². The topological polar surface area (TPSA) is 81.7 Å². The number of hydrogen-bond acceptors (Lipinski definition) is 5. The maximum Gasteiger partial charge on any atom is 0.258 e.